The first-order valence-electron chi connectivity index (χ1n) is 6.51. The molecule has 0 saturated heterocycles. The molecule has 6 nitrogen and oxygen atoms in total. The predicted molar refractivity (Wildman–Crippen MR) is 78.7 cm³/mol. The number of anilines is 1. The molecule has 0 spiro atoms. The number of methoxy groups -OCH3 is 1. The van der Waals surface area contributed by atoms with Gasteiger partial charge in [0.1, 0.15) is 0 Å². The van der Waals surface area contributed by atoms with Gasteiger partial charge in [0.2, 0.25) is 5.95 Å². The van der Waals surface area contributed by atoms with Crippen molar-refractivity contribution in [2.24, 2.45) is 0 Å². The molecule has 2 rings (SSSR count). The minimum absolute atomic E-state index is 0.254. The topological polar surface area (TPSA) is 69.2 Å². The minimum atomic E-state index is 0.254. The van der Waals surface area contributed by atoms with E-state index in [0.717, 1.165) is 19.4 Å². The summed E-state index contributed by atoms with van der Waals surface area (Å²) in [7, 11) is 1.52. The average molecular weight is 294 g/mol. The van der Waals surface area contributed by atoms with Gasteiger partial charge in [0.05, 0.1) is 13.7 Å². The highest BCUT2D eigenvalue weighted by Crippen LogP contribution is 2.14. The van der Waals surface area contributed by atoms with Gasteiger partial charge in [0.15, 0.2) is 0 Å². The van der Waals surface area contributed by atoms with Crippen LogP contribution in [0.5, 0.6) is 12.0 Å². The molecule has 0 aliphatic heterocycles. The molecule has 0 unspecified atom stereocenters. The quantitative estimate of drug-likeness (QED) is 0.806. The number of aromatic nitrogens is 3. The summed E-state index contributed by atoms with van der Waals surface area (Å²) in [6.07, 6.45) is 1.83. The zero-order valence-electron chi connectivity index (χ0n) is 11.6. The Morgan fingerprint density at radius 3 is 2.80 bits per heavy atom. The van der Waals surface area contributed by atoms with Crippen molar-refractivity contribution in [2.45, 2.75) is 19.8 Å². The molecule has 0 saturated carbocycles. The van der Waals surface area contributed by atoms with Crippen LogP contribution in [0.15, 0.2) is 17.5 Å². The van der Waals surface area contributed by atoms with Crippen LogP contribution in [0.1, 0.15) is 18.2 Å². The fraction of sp³-hybridized carbons (Fsp3) is 0.462. The van der Waals surface area contributed by atoms with Crippen LogP contribution in [-0.4, -0.2) is 35.2 Å². The fourth-order valence-electron chi connectivity index (χ4n) is 1.51. The van der Waals surface area contributed by atoms with E-state index in [1.165, 1.54) is 12.0 Å². The second kappa shape index (κ2) is 7.64. The number of rotatable bonds is 8. The smallest absolute Gasteiger partial charge is 0.324 e. The SMILES string of the molecule is CCCNc1nc(OC)nc(OCCc2cccs2)n1. The van der Waals surface area contributed by atoms with Crippen LogP contribution in [0.4, 0.5) is 5.95 Å². The molecular formula is C13H18N4O2S. The van der Waals surface area contributed by atoms with E-state index in [4.69, 9.17) is 9.47 Å². The summed E-state index contributed by atoms with van der Waals surface area (Å²) in [4.78, 5) is 13.7. The van der Waals surface area contributed by atoms with Gasteiger partial charge in [0.25, 0.3) is 0 Å². The number of ether oxygens (including phenoxy) is 2. The van der Waals surface area contributed by atoms with Gasteiger partial charge in [-0.3, -0.25) is 0 Å². The van der Waals surface area contributed by atoms with Crippen molar-refractivity contribution in [1.29, 1.82) is 0 Å². The highest BCUT2D eigenvalue weighted by atomic mass is 32.1. The Kier molecular flexibility index (Phi) is 5.55. The number of thiophene rings is 1. The van der Waals surface area contributed by atoms with Crippen LogP contribution >= 0.6 is 11.3 Å². The third kappa shape index (κ3) is 4.34. The van der Waals surface area contributed by atoms with Gasteiger partial charge in [0, 0.05) is 17.8 Å². The van der Waals surface area contributed by atoms with Crippen molar-refractivity contribution in [1.82, 2.24) is 15.0 Å². The lowest BCUT2D eigenvalue weighted by Crippen LogP contribution is -2.10. The van der Waals surface area contributed by atoms with E-state index >= 15 is 0 Å². The lowest BCUT2D eigenvalue weighted by Gasteiger charge is -2.08. The molecule has 0 amide bonds. The van der Waals surface area contributed by atoms with Crippen LogP contribution in [-0.2, 0) is 6.42 Å². The molecule has 2 aromatic heterocycles. The monoisotopic (exact) mass is 294 g/mol. The molecule has 0 atom stereocenters. The molecule has 0 radical (unpaired) electrons. The van der Waals surface area contributed by atoms with Crippen LogP contribution in [0.2, 0.25) is 0 Å². The lowest BCUT2D eigenvalue weighted by atomic mass is 10.4. The maximum atomic E-state index is 5.57. The highest BCUT2D eigenvalue weighted by Gasteiger charge is 2.07. The van der Waals surface area contributed by atoms with E-state index in [9.17, 15) is 0 Å². The van der Waals surface area contributed by atoms with E-state index in [1.54, 1.807) is 11.3 Å². The number of hydrogen-bond acceptors (Lipinski definition) is 7. The summed E-state index contributed by atoms with van der Waals surface area (Å²) >= 11 is 1.71. The standard InChI is InChI=1S/C13H18N4O2S/c1-3-7-14-11-15-12(18-2)17-13(16-11)19-8-6-10-5-4-9-20-10/h4-5,9H,3,6-8H2,1-2H3,(H,14,15,16,17). The Bertz CT molecular complexity index is 519. The van der Waals surface area contributed by atoms with E-state index < -0.39 is 0 Å². The first-order valence-corrected chi connectivity index (χ1v) is 7.39. The molecule has 108 valence electrons. The van der Waals surface area contributed by atoms with Crippen molar-refractivity contribution in [3.8, 4) is 12.0 Å². The van der Waals surface area contributed by atoms with Crippen molar-refractivity contribution >= 4 is 17.3 Å². The Morgan fingerprint density at radius 1 is 1.25 bits per heavy atom. The first kappa shape index (κ1) is 14.5. The molecule has 0 aliphatic rings. The summed E-state index contributed by atoms with van der Waals surface area (Å²) in [5.41, 5.74) is 0. The van der Waals surface area contributed by atoms with Gasteiger partial charge < -0.3 is 14.8 Å². The van der Waals surface area contributed by atoms with Crippen molar-refractivity contribution < 1.29 is 9.47 Å². The van der Waals surface area contributed by atoms with Crippen molar-refractivity contribution in [2.75, 3.05) is 25.6 Å². The summed E-state index contributed by atoms with van der Waals surface area (Å²) in [6, 6.07) is 4.64. The molecule has 1 N–H and O–H groups in total. The van der Waals surface area contributed by atoms with E-state index in [0.29, 0.717) is 12.6 Å². The van der Waals surface area contributed by atoms with Gasteiger partial charge in [-0.15, -0.1) is 16.3 Å². The summed E-state index contributed by atoms with van der Waals surface area (Å²) in [5, 5.41) is 5.14. The first-order chi connectivity index (χ1) is 9.81. The Labute approximate surface area is 122 Å². The van der Waals surface area contributed by atoms with Crippen molar-refractivity contribution in [3.05, 3.63) is 22.4 Å². The number of nitrogens with zero attached hydrogens (tertiary/aromatic N) is 3. The fourth-order valence-corrected chi connectivity index (χ4v) is 2.20. The van der Waals surface area contributed by atoms with Gasteiger partial charge >= 0.3 is 12.0 Å². The lowest BCUT2D eigenvalue weighted by molar-refractivity contribution is 0.285. The van der Waals surface area contributed by atoms with E-state index in [1.807, 2.05) is 11.4 Å². The largest absolute Gasteiger partial charge is 0.467 e. The predicted octanol–water partition coefficient (Wildman–Crippen LogP) is 2.39. The second-order valence-corrected chi connectivity index (χ2v) is 5.07. The molecule has 0 fully saturated rings. The molecule has 2 aromatic rings. The van der Waals surface area contributed by atoms with Gasteiger partial charge in [-0.2, -0.15) is 9.97 Å². The zero-order valence-corrected chi connectivity index (χ0v) is 12.4. The molecular weight excluding hydrogens is 276 g/mol. The third-order valence-corrected chi connectivity index (χ3v) is 3.41. The molecule has 7 heteroatoms. The third-order valence-electron chi connectivity index (χ3n) is 2.47. The maximum absolute atomic E-state index is 5.57. The highest BCUT2D eigenvalue weighted by molar-refractivity contribution is 7.09. The van der Waals surface area contributed by atoms with E-state index in [2.05, 4.69) is 33.3 Å². The average Bonchev–Trinajstić information content (AvgIpc) is 2.98. The summed E-state index contributed by atoms with van der Waals surface area (Å²) in [6.45, 7) is 3.40. The Balaban J connectivity index is 1.94. The molecule has 2 heterocycles. The summed E-state index contributed by atoms with van der Waals surface area (Å²) in [5.74, 6) is 0.477. The zero-order chi connectivity index (χ0) is 14.2. The second-order valence-electron chi connectivity index (χ2n) is 4.03. The minimum Gasteiger partial charge on any atom is -0.467 e. The maximum Gasteiger partial charge on any atom is 0.324 e. The van der Waals surface area contributed by atoms with Gasteiger partial charge in [-0.05, 0) is 17.9 Å². The van der Waals surface area contributed by atoms with Gasteiger partial charge in [-0.1, -0.05) is 13.0 Å². The van der Waals surface area contributed by atoms with E-state index in [-0.39, 0.29) is 12.0 Å². The normalized spacial score (nSPS) is 10.3. The van der Waals surface area contributed by atoms with Gasteiger partial charge in [-0.25, -0.2) is 0 Å². The number of nitrogens with one attached hydrogen (secondary N) is 1. The van der Waals surface area contributed by atoms with Crippen LogP contribution in [0.25, 0.3) is 0 Å². The Morgan fingerprint density at radius 2 is 2.10 bits per heavy atom. The van der Waals surface area contributed by atoms with Crippen LogP contribution in [0.3, 0.4) is 0 Å². The molecule has 20 heavy (non-hydrogen) atoms. The van der Waals surface area contributed by atoms with Crippen LogP contribution in [0, 0.1) is 0 Å². The number of hydrogen-bond donors (Lipinski definition) is 1. The summed E-state index contributed by atoms with van der Waals surface area (Å²) < 4.78 is 10.6. The Hall–Kier alpha value is -1.89. The van der Waals surface area contributed by atoms with Crippen molar-refractivity contribution in [3.63, 3.8) is 0 Å². The van der Waals surface area contributed by atoms with Crippen LogP contribution < -0.4 is 14.8 Å². The molecule has 0 aromatic carbocycles. The molecule has 0 aliphatic carbocycles. The molecule has 0 bridgehead atoms.